The van der Waals surface area contributed by atoms with Crippen molar-refractivity contribution in [2.24, 2.45) is 0 Å². The van der Waals surface area contributed by atoms with Crippen molar-refractivity contribution >= 4 is 11.5 Å². The van der Waals surface area contributed by atoms with Gasteiger partial charge in [-0.1, -0.05) is 38.1 Å². The summed E-state index contributed by atoms with van der Waals surface area (Å²) < 4.78 is 0. The standard InChI is InChI=1S/C20H25NO/c1-5-21(4)19-11-9-17(10-12-19)20(22)14-16-7-6-8-18(13-16)15(2)3/h6-13,15H,5,14H2,1-4H3. The summed E-state index contributed by atoms with van der Waals surface area (Å²) in [5.41, 5.74) is 4.29. The highest BCUT2D eigenvalue weighted by atomic mass is 16.1. The summed E-state index contributed by atoms with van der Waals surface area (Å²) in [6.07, 6.45) is 0.462. The van der Waals surface area contributed by atoms with Crippen molar-refractivity contribution < 1.29 is 4.79 Å². The Labute approximate surface area is 133 Å². The molecule has 0 aliphatic heterocycles. The quantitative estimate of drug-likeness (QED) is 0.720. The Hall–Kier alpha value is -2.09. The number of hydrogen-bond acceptors (Lipinski definition) is 2. The number of nitrogens with zero attached hydrogens (tertiary/aromatic N) is 1. The predicted molar refractivity (Wildman–Crippen MR) is 94.0 cm³/mol. The van der Waals surface area contributed by atoms with Gasteiger partial charge in [-0.15, -0.1) is 0 Å². The minimum atomic E-state index is 0.173. The summed E-state index contributed by atoms with van der Waals surface area (Å²) in [5, 5.41) is 0. The second kappa shape index (κ2) is 7.26. The molecule has 2 aromatic carbocycles. The van der Waals surface area contributed by atoms with Crippen LogP contribution >= 0.6 is 0 Å². The summed E-state index contributed by atoms with van der Waals surface area (Å²) in [7, 11) is 2.05. The van der Waals surface area contributed by atoms with E-state index >= 15 is 0 Å². The van der Waals surface area contributed by atoms with Crippen LogP contribution in [0.5, 0.6) is 0 Å². The second-order valence-corrected chi connectivity index (χ2v) is 6.06. The number of carbonyl (C=O) groups is 1. The topological polar surface area (TPSA) is 20.3 Å². The first kappa shape index (κ1) is 16.3. The van der Waals surface area contributed by atoms with E-state index in [1.807, 2.05) is 43.4 Å². The van der Waals surface area contributed by atoms with Crippen molar-refractivity contribution in [3.8, 4) is 0 Å². The lowest BCUT2D eigenvalue weighted by atomic mass is 9.97. The number of hydrogen-bond donors (Lipinski definition) is 0. The van der Waals surface area contributed by atoms with Gasteiger partial charge in [-0.05, 0) is 48.2 Å². The van der Waals surface area contributed by atoms with E-state index in [1.54, 1.807) is 0 Å². The van der Waals surface area contributed by atoms with Gasteiger partial charge in [0.25, 0.3) is 0 Å². The van der Waals surface area contributed by atoms with E-state index in [2.05, 4.69) is 37.8 Å². The van der Waals surface area contributed by atoms with E-state index in [0.29, 0.717) is 12.3 Å². The molecule has 2 nitrogen and oxygen atoms in total. The van der Waals surface area contributed by atoms with Crippen molar-refractivity contribution in [3.63, 3.8) is 0 Å². The Morgan fingerprint density at radius 3 is 2.36 bits per heavy atom. The van der Waals surface area contributed by atoms with E-state index in [1.165, 1.54) is 5.56 Å². The molecule has 2 heteroatoms. The molecule has 0 heterocycles. The van der Waals surface area contributed by atoms with Gasteiger partial charge in [0.1, 0.15) is 0 Å². The molecule has 0 atom stereocenters. The molecule has 0 aliphatic rings. The summed E-state index contributed by atoms with van der Waals surface area (Å²) >= 11 is 0. The highest BCUT2D eigenvalue weighted by Gasteiger charge is 2.09. The second-order valence-electron chi connectivity index (χ2n) is 6.06. The van der Waals surface area contributed by atoms with Crippen LogP contribution in [0.25, 0.3) is 0 Å². The third-order valence-electron chi connectivity index (χ3n) is 4.09. The first-order chi connectivity index (χ1) is 10.5. The Kier molecular flexibility index (Phi) is 5.37. The van der Waals surface area contributed by atoms with Crippen molar-refractivity contribution in [1.29, 1.82) is 0 Å². The van der Waals surface area contributed by atoms with Gasteiger partial charge in [0, 0.05) is 31.3 Å². The summed E-state index contributed by atoms with van der Waals surface area (Å²) in [6, 6.07) is 16.2. The number of ketones is 1. The molecule has 0 N–H and O–H groups in total. The zero-order chi connectivity index (χ0) is 16.1. The van der Waals surface area contributed by atoms with Gasteiger partial charge in [-0.2, -0.15) is 0 Å². The van der Waals surface area contributed by atoms with Gasteiger partial charge in [0.2, 0.25) is 0 Å². The number of anilines is 1. The number of carbonyl (C=O) groups excluding carboxylic acids is 1. The first-order valence-corrected chi connectivity index (χ1v) is 7.94. The van der Waals surface area contributed by atoms with Crippen molar-refractivity contribution in [2.45, 2.75) is 33.1 Å². The minimum Gasteiger partial charge on any atom is -0.375 e. The number of benzene rings is 2. The molecule has 116 valence electrons. The minimum absolute atomic E-state index is 0.173. The van der Waals surface area contributed by atoms with Gasteiger partial charge in [-0.3, -0.25) is 4.79 Å². The van der Waals surface area contributed by atoms with Crippen LogP contribution in [0, 0.1) is 0 Å². The lowest BCUT2D eigenvalue weighted by Gasteiger charge is -2.16. The lowest BCUT2D eigenvalue weighted by Crippen LogP contribution is -2.15. The summed E-state index contributed by atoms with van der Waals surface area (Å²) in [6.45, 7) is 7.41. The molecule has 0 aliphatic carbocycles. The molecule has 0 spiro atoms. The van der Waals surface area contributed by atoms with Crippen molar-refractivity contribution in [3.05, 3.63) is 65.2 Å². The van der Waals surface area contributed by atoms with Crippen molar-refractivity contribution in [2.75, 3.05) is 18.5 Å². The maximum atomic E-state index is 12.4. The molecule has 0 radical (unpaired) electrons. The molecular formula is C20H25NO. The van der Waals surface area contributed by atoms with Gasteiger partial charge >= 0.3 is 0 Å². The average molecular weight is 295 g/mol. The van der Waals surface area contributed by atoms with E-state index in [4.69, 9.17) is 0 Å². The highest BCUT2D eigenvalue weighted by Crippen LogP contribution is 2.18. The van der Waals surface area contributed by atoms with Gasteiger partial charge in [0.05, 0.1) is 0 Å². The molecular weight excluding hydrogens is 270 g/mol. The fourth-order valence-corrected chi connectivity index (χ4v) is 2.43. The van der Waals surface area contributed by atoms with Crippen molar-refractivity contribution in [1.82, 2.24) is 0 Å². The third-order valence-corrected chi connectivity index (χ3v) is 4.09. The molecule has 0 unspecified atom stereocenters. The predicted octanol–water partition coefficient (Wildman–Crippen LogP) is 4.69. The SMILES string of the molecule is CCN(C)c1ccc(C(=O)Cc2cccc(C(C)C)c2)cc1. The summed E-state index contributed by atoms with van der Waals surface area (Å²) in [5.74, 6) is 0.658. The number of Topliss-reactive ketones (excluding diaryl/α,β-unsaturated/α-hetero) is 1. The van der Waals surface area contributed by atoms with E-state index in [0.717, 1.165) is 23.4 Å². The third kappa shape index (κ3) is 3.97. The molecule has 2 aromatic rings. The fourth-order valence-electron chi connectivity index (χ4n) is 2.43. The van der Waals surface area contributed by atoms with Crippen LogP contribution in [0.2, 0.25) is 0 Å². The molecule has 0 saturated heterocycles. The Morgan fingerprint density at radius 1 is 1.09 bits per heavy atom. The van der Waals surface area contributed by atoms with Crippen LogP contribution in [0.1, 0.15) is 48.2 Å². The van der Waals surface area contributed by atoms with Crippen LogP contribution in [0.15, 0.2) is 48.5 Å². The molecule has 0 bridgehead atoms. The average Bonchev–Trinajstić information content (AvgIpc) is 2.54. The zero-order valence-electron chi connectivity index (χ0n) is 14.0. The normalized spacial score (nSPS) is 10.8. The van der Waals surface area contributed by atoms with Crippen LogP contribution in [-0.4, -0.2) is 19.4 Å². The molecule has 0 saturated carbocycles. The summed E-state index contributed by atoms with van der Waals surface area (Å²) in [4.78, 5) is 14.6. The lowest BCUT2D eigenvalue weighted by molar-refractivity contribution is 0.0993. The van der Waals surface area contributed by atoms with Crippen LogP contribution in [0.4, 0.5) is 5.69 Å². The van der Waals surface area contributed by atoms with Gasteiger partial charge < -0.3 is 4.90 Å². The van der Waals surface area contributed by atoms with Gasteiger partial charge in [0.15, 0.2) is 5.78 Å². The Balaban J connectivity index is 2.10. The zero-order valence-corrected chi connectivity index (χ0v) is 14.0. The molecule has 2 rings (SSSR count). The van der Waals surface area contributed by atoms with E-state index in [9.17, 15) is 4.79 Å². The first-order valence-electron chi connectivity index (χ1n) is 7.94. The smallest absolute Gasteiger partial charge is 0.167 e. The van der Waals surface area contributed by atoms with Crippen LogP contribution in [-0.2, 0) is 6.42 Å². The fraction of sp³-hybridized carbons (Fsp3) is 0.350. The monoisotopic (exact) mass is 295 g/mol. The van der Waals surface area contributed by atoms with Crippen LogP contribution in [0.3, 0.4) is 0 Å². The molecule has 0 aromatic heterocycles. The van der Waals surface area contributed by atoms with Crippen LogP contribution < -0.4 is 4.90 Å². The maximum Gasteiger partial charge on any atom is 0.167 e. The van der Waals surface area contributed by atoms with E-state index < -0.39 is 0 Å². The Bertz CT molecular complexity index is 628. The van der Waals surface area contributed by atoms with Gasteiger partial charge in [-0.25, -0.2) is 0 Å². The molecule has 22 heavy (non-hydrogen) atoms. The molecule has 0 fully saturated rings. The Morgan fingerprint density at radius 2 is 1.77 bits per heavy atom. The molecule has 0 amide bonds. The maximum absolute atomic E-state index is 12.4. The number of rotatable bonds is 6. The largest absolute Gasteiger partial charge is 0.375 e. The highest BCUT2D eigenvalue weighted by molar-refractivity contribution is 5.97. The van der Waals surface area contributed by atoms with E-state index in [-0.39, 0.29) is 5.78 Å².